The van der Waals surface area contributed by atoms with Crippen LogP contribution in [0.15, 0.2) is 35.2 Å². The van der Waals surface area contributed by atoms with Gasteiger partial charge in [-0.3, -0.25) is 4.79 Å². The molecule has 1 atom stereocenters. The highest BCUT2D eigenvalue weighted by Gasteiger charge is 2.39. The van der Waals surface area contributed by atoms with Crippen LogP contribution in [0.3, 0.4) is 0 Å². The van der Waals surface area contributed by atoms with Crippen molar-refractivity contribution >= 4 is 21.4 Å². The first-order chi connectivity index (χ1) is 17.4. The zero-order chi connectivity index (χ0) is 26.5. The number of ether oxygens (including phenoxy) is 2. The number of anilines is 1. The number of rotatable bonds is 6. The summed E-state index contributed by atoms with van der Waals surface area (Å²) in [7, 11) is -3.70. The summed E-state index contributed by atoms with van der Waals surface area (Å²) in [6.45, 7) is 4.29. The lowest BCUT2D eigenvalue weighted by Gasteiger charge is -2.31. The Hall–Kier alpha value is -2.79. The second-order valence-electron chi connectivity index (χ2n) is 9.95. The van der Waals surface area contributed by atoms with E-state index in [0.29, 0.717) is 19.1 Å². The Bertz CT molecular complexity index is 1320. The molecule has 5 rings (SSSR count). The highest BCUT2D eigenvalue weighted by atomic mass is 32.2. The van der Waals surface area contributed by atoms with E-state index in [1.165, 1.54) is 10.5 Å². The van der Waals surface area contributed by atoms with Gasteiger partial charge in [0, 0.05) is 38.1 Å². The summed E-state index contributed by atoms with van der Waals surface area (Å²) in [4.78, 5) is 17.3. The Balaban J connectivity index is 1.46. The van der Waals surface area contributed by atoms with Crippen molar-refractivity contribution in [3.63, 3.8) is 0 Å². The Labute approximate surface area is 214 Å². The minimum atomic E-state index is -4.64. The highest BCUT2D eigenvalue weighted by molar-refractivity contribution is 7.90. The van der Waals surface area contributed by atoms with Crippen LogP contribution in [0.4, 0.5) is 18.9 Å². The number of sulfone groups is 1. The number of nitrogens with zero attached hydrogens (tertiary/aromatic N) is 2. The molecular formula is C26H29F3N2O5S. The maximum absolute atomic E-state index is 13.6. The Kier molecular flexibility index (Phi) is 6.64. The van der Waals surface area contributed by atoms with Gasteiger partial charge >= 0.3 is 6.18 Å². The molecule has 200 valence electrons. The number of carbonyl (C=O) groups excluding carboxylic acids is 1. The van der Waals surface area contributed by atoms with Crippen LogP contribution in [0.2, 0.25) is 0 Å². The zero-order valence-corrected chi connectivity index (χ0v) is 21.5. The molecule has 2 aromatic carbocycles. The van der Waals surface area contributed by atoms with Crippen molar-refractivity contribution in [2.75, 3.05) is 37.5 Å². The van der Waals surface area contributed by atoms with Gasteiger partial charge in [0.05, 0.1) is 23.7 Å². The van der Waals surface area contributed by atoms with Crippen LogP contribution in [-0.4, -0.2) is 64.1 Å². The van der Waals surface area contributed by atoms with Gasteiger partial charge in [-0.2, -0.15) is 13.2 Å². The normalized spacial score (nSPS) is 19.1. The van der Waals surface area contributed by atoms with Gasteiger partial charge in [0.2, 0.25) is 0 Å². The van der Waals surface area contributed by atoms with E-state index < -0.39 is 28.0 Å². The lowest BCUT2D eigenvalue weighted by molar-refractivity contribution is -0.189. The smallest absolute Gasteiger partial charge is 0.425 e. The number of amides is 1. The van der Waals surface area contributed by atoms with Crippen LogP contribution in [0.1, 0.15) is 52.7 Å². The largest absolute Gasteiger partial charge is 0.480 e. The molecule has 3 aliphatic rings. The molecule has 11 heteroatoms. The summed E-state index contributed by atoms with van der Waals surface area (Å²) in [6, 6.07) is 7.66. The zero-order valence-electron chi connectivity index (χ0n) is 20.7. The van der Waals surface area contributed by atoms with Crippen LogP contribution in [0, 0.1) is 0 Å². The molecule has 2 fully saturated rings. The van der Waals surface area contributed by atoms with Crippen LogP contribution >= 0.6 is 0 Å². The predicted octanol–water partition coefficient (Wildman–Crippen LogP) is 4.29. The average molecular weight is 539 g/mol. The van der Waals surface area contributed by atoms with Gasteiger partial charge in [0.25, 0.3) is 5.91 Å². The molecule has 1 aliphatic carbocycles. The third-order valence-electron chi connectivity index (χ3n) is 7.10. The van der Waals surface area contributed by atoms with Gasteiger partial charge in [0.15, 0.2) is 15.9 Å². The number of benzene rings is 2. The van der Waals surface area contributed by atoms with E-state index in [-0.39, 0.29) is 29.3 Å². The Morgan fingerprint density at radius 1 is 1.08 bits per heavy atom. The van der Waals surface area contributed by atoms with Crippen LogP contribution in [0.5, 0.6) is 5.75 Å². The molecule has 0 radical (unpaired) electrons. The summed E-state index contributed by atoms with van der Waals surface area (Å²) in [5, 5.41) is 0. The average Bonchev–Trinajstić information content (AvgIpc) is 3.61. The minimum Gasteiger partial charge on any atom is -0.480 e. The molecule has 2 aromatic rings. The molecule has 1 saturated carbocycles. The molecule has 0 aromatic heterocycles. The van der Waals surface area contributed by atoms with Crippen LogP contribution in [0.25, 0.3) is 0 Å². The molecule has 2 heterocycles. The Morgan fingerprint density at radius 3 is 2.32 bits per heavy atom. The lowest BCUT2D eigenvalue weighted by Crippen LogP contribution is -2.36. The van der Waals surface area contributed by atoms with Gasteiger partial charge in [0.1, 0.15) is 5.75 Å². The summed E-state index contributed by atoms with van der Waals surface area (Å²) >= 11 is 0. The minimum absolute atomic E-state index is 0.162. The quantitative estimate of drug-likeness (QED) is 0.546. The van der Waals surface area contributed by atoms with Crippen molar-refractivity contribution in [3.05, 3.63) is 52.6 Å². The fourth-order valence-corrected chi connectivity index (χ4v) is 5.48. The number of hydrogen-bond donors (Lipinski definition) is 0. The molecule has 2 aliphatic heterocycles. The summed E-state index contributed by atoms with van der Waals surface area (Å²) in [5.41, 5.74) is 4.18. The standard InChI is InChI=1S/C26H29F3N2O5S/c1-16(26(27,28)29)36-24-6-5-20(37(2,33)34)13-22(24)25(32)31-14-18-11-21(17-3-4-17)23(12-19(18)15-31)30-7-9-35-10-8-30/h5-6,11-13,16-17H,3-4,7-10,14-15H2,1-2H3. The molecule has 0 bridgehead atoms. The van der Waals surface area contributed by atoms with Crippen molar-refractivity contribution in [2.45, 2.75) is 55.9 Å². The molecule has 1 amide bonds. The van der Waals surface area contributed by atoms with Crippen molar-refractivity contribution in [2.24, 2.45) is 0 Å². The number of alkyl halides is 3. The third kappa shape index (κ3) is 5.43. The topological polar surface area (TPSA) is 76.2 Å². The Morgan fingerprint density at radius 2 is 1.73 bits per heavy atom. The number of morpholine rings is 1. The molecule has 0 N–H and O–H groups in total. The SMILES string of the molecule is CC(Oc1ccc(S(C)(=O)=O)cc1C(=O)N1Cc2cc(C3CC3)c(N3CCOCC3)cc2C1)C(F)(F)F. The molecule has 7 nitrogen and oxygen atoms in total. The lowest BCUT2D eigenvalue weighted by atomic mass is 10.00. The second kappa shape index (κ2) is 9.50. The first kappa shape index (κ1) is 25.8. The first-order valence-corrected chi connectivity index (χ1v) is 14.2. The predicted molar refractivity (Wildman–Crippen MR) is 131 cm³/mol. The molecule has 0 spiro atoms. The van der Waals surface area contributed by atoms with Crippen LogP contribution in [-0.2, 0) is 27.7 Å². The van der Waals surface area contributed by atoms with Crippen molar-refractivity contribution in [1.82, 2.24) is 4.90 Å². The summed E-state index contributed by atoms with van der Waals surface area (Å²) < 4.78 is 74.4. The van der Waals surface area contributed by atoms with E-state index in [1.54, 1.807) is 0 Å². The van der Waals surface area contributed by atoms with Crippen molar-refractivity contribution in [1.29, 1.82) is 0 Å². The number of halogens is 3. The van der Waals surface area contributed by atoms with E-state index in [4.69, 9.17) is 9.47 Å². The maximum Gasteiger partial charge on any atom is 0.425 e. The van der Waals surface area contributed by atoms with Crippen molar-refractivity contribution < 1.29 is 35.9 Å². The van der Waals surface area contributed by atoms with Crippen molar-refractivity contribution in [3.8, 4) is 5.75 Å². The summed E-state index contributed by atoms with van der Waals surface area (Å²) in [5.74, 6) is -0.388. The number of carbonyl (C=O) groups is 1. The highest BCUT2D eigenvalue weighted by Crippen LogP contribution is 2.46. The second-order valence-corrected chi connectivity index (χ2v) is 12.0. The molecule has 1 unspecified atom stereocenters. The van der Waals surface area contributed by atoms with E-state index in [0.717, 1.165) is 74.1 Å². The van der Waals surface area contributed by atoms with Crippen LogP contribution < -0.4 is 9.64 Å². The summed E-state index contributed by atoms with van der Waals surface area (Å²) in [6.07, 6.45) is -3.59. The number of fused-ring (bicyclic) bond motifs is 1. The monoisotopic (exact) mass is 538 g/mol. The van der Waals surface area contributed by atoms with Gasteiger partial charge in [-0.05, 0) is 66.6 Å². The maximum atomic E-state index is 13.6. The van der Waals surface area contributed by atoms with Gasteiger partial charge in [-0.1, -0.05) is 6.07 Å². The molecule has 37 heavy (non-hydrogen) atoms. The fourth-order valence-electron chi connectivity index (χ4n) is 4.84. The van der Waals surface area contributed by atoms with Gasteiger partial charge < -0.3 is 19.3 Å². The van der Waals surface area contributed by atoms with Gasteiger partial charge in [-0.25, -0.2) is 8.42 Å². The van der Waals surface area contributed by atoms with Gasteiger partial charge in [-0.15, -0.1) is 0 Å². The number of hydrogen-bond acceptors (Lipinski definition) is 6. The van der Waals surface area contributed by atoms with E-state index in [1.807, 2.05) is 0 Å². The molecule has 1 saturated heterocycles. The third-order valence-corrected chi connectivity index (χ3v) is 8.21. The fraction of sp³-hybridized carbons (Fsp3) is 0.500. The van der Waals surface area contributed by atoms with E-state index in [9.17, 15) is 26.4 Å². The van der Waals surface area contributed by atoms with E-state index in [2.05, 4.69) is 17.0 Å². The molecular weight excluding hydrogens is 509 g/mol. The van der Waals surface area contributed by atoms with E-state index >= 15 is 0 Å². The first-order valence-electron chi connectivity index (χ1n) is 12.3.